The van der Waals surface area contributed by atoms with Crippen LogP contribution in [0.2, 0.25) is 0 Å². The van der Waals surface area contributed by atoms with E-state index in [0.29, 0.717) is 0 Å². The molecule has 14 rings (SSSR count). The lowest BCUT2D eigenvalue weighted by Crippen LogP contribution is -2.03. The summed E-state index contributed by atoms with van der Waals surface area (Å²) in [6, 6.07) is 32.3. The van der Waals surface area contributed by atoms with Gasteiger partial charge in [-0.3, -0.25) is 0 Å². The van der Waals surface area contributed by atoms with Gasteiger partial charge >= 0.3 is 0 Å². The molecule has 0 amide bonds. The van der Waals surface area contributed by atoms with Gasteiger partial charge in [0, 0.05) is 10.8 Å². The predicted molar refractivity (Wildman–Crippen MR) is 184 cm³/mol. The van der Waals surface area contributed by atoms with Gasteiger partial charge in [-0.1, -0.05) is 72.8 Å². The van der Waals surface area contributed by atoms with Crippen LogP contribution in [-0.4, -0.2) is 9.97 Å². The fraction of sp³-hybridized carbons (Fsp3) is 0.238. The average molecular weight is 571 g/mol. The summed E-state index contributed by atoms with van der Waals surface area (Å²) < 4.78 is 0. The van der Waals surface area contributed by atoms with Crippen LogP contribution >= 0.6 is 0 Å². The van der Waals surface area contributed by atoms with Crippen molar-refractivity contribution in [2.45, 2.75) is 65.2 Å². The zero-order valence-corrected chi connectivity index (χ0v) is 25.8. The first kappa shape index (κ1) is 27.0. The molecule has 0 spiro atoms. The van der Waals surface area contributed by atoms with Crippen molar-refractivity contribution in [1.82, 2.24) is 9.97 Å². The highest BCUT2D eigenvalue weighted by Gasteiger charge is 2.15. The summed E-state index contributed by atoms with van der Waals surface area (Å²) in [6.45, 7) is 4.51. The van der Waals surface area contributed by atoms with E-state index in [1.165, 1.54) is 77.4 Å². The number of hydrogen-bond donors (Lipinski definition) is 0. The molecular weight excluding hydrogens is 532 g/mol. The Balaban J connectivity index is 1.17. The van der Waals surface area contributed by atoms with E-state index in [1.54, 1.807) is 0 Å². The highest BCUT2D eigenvalue weighted by Crippen LogP contribution is 2.31. The molecule has 2 nitrogen and oxygen atoms in total. The molecular formula is C42H38N2. The minimum absolute atomic E-state index is 0.996. The van der Waals surface area contributed by atoms with Gasteiger partial charge in [0.05, 0.1) is 22.4 Å². The van der Waals surface area contributed by atoms with E-state index in [-0.39, 0.29) is 0 Å². The van der Waals surface area contributed by atoms with Crippen molar-refractivity contribution >= 4 is 34.0 Å². The maximum atomic E-state index is 5.29. The minimum atomic E-state index is 0.996. The smallest absolute Gasteiger partial charge is 0.0746 e. The number of pyridine rings is 2. The van der Waals surface area contributed by atoms with Gasteiger partial charge in [0.2, 0.25) is 0 Å². The van der Waals surface area contributed by atoms with Crippen molar-refractivity contribution < 1.29 is 0 Å². The number of aryl methyl sites for hydroxylation is 10. The van der Waals surface area contributed by atoms with Gasteiger partial charge in [0.15, 0.2) is 0 Å². The van der Waals surface area contributed by atoms with Crippen molar-refractivity contribution in [2.24, 2.45) is 0 Å². The normalized spacial score (nSPS) is 14.7. The van der Waals surface area contributed by atoms with Gasteiger partial charge in [0.25, 0.3) is 0 Å². The summed E-state index contributed by atoms with van der Waals surface area (Å²) >= 11 is 0. The van der Waals surface area contributed by atoms with Gasteiger partial charge < -0.3 is 0 Å². The van der Waals surface area contributed by atoms with E-state index in [0.717, 1.165) is 62.8 Å². The maximum absolute atomic E-state index is 5.29. The predicted octanol–water partition coefficient (Wildman–Crippen LogP) is 9.34. The van der Waals surface area contributed by atoms with E-state index in [4.69, 9.17) is 9.97 Å². The molecule has 2 heterocycles. The molecule has 8 aliphatic carbocycles. The van der Waals surface area contributed by atoms with E-state index < -0.39 is 0 Å². The molecule has 8 bridgehead atoms. The second-order valence-corrected chi connectivity index (χ2v) is 12.9. The SMILES string of the molecule is Cc1cc(/C=C/c2cc(C)c3c4ccc(c3n2)CCc2ccc(cc2)CC4)nc2c3ccc(c12)CCc1ccc(cc1)CC3. The van der Waals surface area contributed by atoms with Gasteiger partial charge in [0.1, 0.15) is 0 Å². The largest absolute Gasteiger partial charge is 0.248 e. The van der Waals surface area contributed by atoms with Crippen LogP contribution in [0.15, 0.2) is 84.9 Å². The molecule has 0 atom stereocenters. The lowest BCUT2D eigenvalue weighted by atomic mass is 9.91. The molecule has 0 fully saturated rings. The van der Waals surface area contributed by atoms with E-state index in [2.05, 4.69) is 111 Å². The Morgan fingerprint density at radius 1 is 0.409 bits per heavy atom. The zero-order chi connectivity index (χ0) is 29.6. The lowest BCUT2D eigenvalue weighted by Gasteiger charge is -2.16. The quantitative estimate of drug-likeness (QED) is 0.207. The highest BCUT2D eigenvalue weighted by molar-refractivity contribution is 5.91. The molecule has 2 aromatic heterocycles. The molecule has 0 saturated carbocycles. The third-order valence-corrected chi connectivity index (χ3v) is 9.90. The summed E-state index contributed by atoms with van der Waals surface area (Å²) in [4.78, 5) is 10.6. The Morgan fingerprint density at radius 2 is 0.727 bits per heavy atom. The molecule has 6 aromatic rings. The fourth-order valence-corrected chi connectivity index (χ4v) is 7.42. The third kappa shape index (κ3) is 5.13. The molecule has 2 heteroatoms. The third-order valence-electron chi connectivity index (χ3n) is 9.90. The number of hydrogen-bond acceptors (Lipinski definition) is 2. The second kappa shape index (κ2) is 11.2. The first-order valence-corrected chi connectivity index (χ1v) is 16.3. The van der Waals surface area contributed by atoms with Crippen LogP contribution in [0, 0.1) is 13.8 Å². The molecule has 0 unspecified atom stereocenters. The molecule has 0 N–H and O–H groups in total. The van der Waals surface area contributed by atoms with E-state index in [1.807, 2.05) is 0 Å². The van der Waals surface area contributed by atoms with E-state index in [9.17, 15) is 0 Å². The van der Waals surface area contributed by atoms with Crippen molar-refractivity contribution in [2.75, 3.05) is 0 Å². The van der Waals surface area contributed by atoms with Gasteiger partial charge in [-0.2, -0.15) is 0 Å². The summed E-state index contributed by atoms with van der Waals surface area (Å²) in [5.74, 6) is 0. The summed E-state index contributed by atoms with van der Waals surface area (Å²) in [5.41, 5.74) is 18.0. The molecule has 0 aliphatic heterocycles. The standard InChI is InChI=1S/C42H38N2/c1-27-25-37(43-41-35-17-13-31-7-3-29(4-8-31)11-15-33(19-21-35)39(27)41)23-24-38-26-28(2)40-34-16-12-30-5-9-32(10-6-30)14-18-36(22-20-34)42(40)44-38/h3-10,19-26H,11-18H2,1-2H3/b24-23+. The zero-order valence-electron chi connectivity index (χ0n) is 25.8. The summed E-state index contributed by atoms with van der Waals surface area (Å²) in [7, 11) is 0. The van der Waals surface area contributed by atoms with Gasteiger partial charge in [-0.05, 0) is 145 Å². The summed E-state index contributed by atoms with van der Waals surface area (Å²) in [5, 5.41) is 2.68. The monoisotopic (exact) mass is 570 g/mol. The molecule has 0 saturated heterocycles. The Kier molecular flexibility index (Phi) is 6.86. The Morgan fingerprint density at radius 3 is 1.09 bits per heavy atom. The minimum Gasteiger partial charge on any atom is -0.248 e. The molecule has 216 valence electrons. The van der Waals surface area contributed by atoms with Crippen LogP contribution in [0.25, 0.3) is 34.0 Å². The van der Waals surface area contributed by atoms with Crippen LogP contribution in [0.1, 0.15) is 67.0 Å². The van der Waals surface area contributed by atoms with Crippen molar-refractivity contribution in [3.05, 3.63) is 152 Å². The van der Waals surface area contributed by atoms with Crippen LogP contribution in [0.3, 0.4) is 0 Å². The second-order valence-electron chi connectivity index (χ2n) is 12.9. The number of aromatic nitrogens is 2. The Bertz CT molecular complexity index is 1910. The van der Waals surface area contributed by atoms with Crippen molar-refractivity contribution in [3.63, 3.8) is 0 Å². The van der Waals surface area contributed by atoms with Crippen LogP contribution in [0.4, 0.5) is 0 Å². The Labute approximate surface area is 260 Å². The van der Waals surface area contributed by atoms with Crippen LogP contribution in [-0.2, 0) is 51.4 Å². The number of nitrogens with zero attached hydrogens (tertiary/aromatic N) is 2. The van der Waals surface area contributed by atoms with Crippen LogP contribution < -0.4 is 0 Å². The van der Waals surface area contributed by atoms with Crippen molar-refractivity contribution in [1.29, 1.82) is 0 Å². The van der Waals surface area contributed by atoms with Crippen LogP contribution in [0.5, 0.6) is 0 Å². The van der Waals surface area contributed by atoms with Gasteiger partial charge in [-0.25, -0.2) is 9.97 Å². The molecule has 44 heavy (non-hydrogen) atoms. The van der Waals surface area contributed by atoms with Crippen molar-refractivity contribution in [3.8, 4) is 0 Å². The number of rotatable bonds is 2. The molecule has 0 radical (unpaired) electrons. The van der Waals surface area contributed by atoms with E-state index >= 15 is 0 Å². The highest BCUT2D eigenvalue weighted by atomic mass is 14.7. The first-order chi connectivity index (χ1) is 21.6. The number of benzene rings is 4. The molecule has 8 aliphatic rings. The first-order valence-electron chi connectivity index (χ1n) is 16.3. The molecule has 4 aromatic carbocycles. The summed E-state index contributed by atoms with van der Waals surface area (Å²) in [6.07, 6.45) is 12.6. The topological polar surface area (TPSA) is 25.8 Å². The lowest BCUT2D eigenvalue weighted by molar-refractivity contribution is 0.929. The van der Waals surface area contributed by atoms with Gasteiger partial charge in [-0.15, -0.1) is 0 Å². The Hall–Kier alpha value is -4.56. The maximum Gasteiger partial charge on any atom is 0.0746 e. The fourth-order valence-electron chi connectivity index (χ4n) is 7.42. The average Bonchev–Trinajstić information content (AvgIpc) is 3.02.